The Bertz CT molecular complexity index is 1300. The third-order valence-electron chi connectivity index (χ3n) is 6.98. The van der Waals surface area contributed by atoms with Gasteiger partial charge in [-0.1, -0.05) is 92.7 Å². The molecule has 0 radical (unpaired) electrons. The highest BCUT2D eigenvalue weighted by atomic mass is 16.5. The fraction of sp³-hybridized carbons (Fsp3) is 0.364. The predicted molar refractivity (Wildman–Crippen MR) is 157 cm³/mol. The van der Waals surface area contributed by atoms with E-state index in [0.717, 1.165) is 27.8 Å². The number of rotatable bonds is 9. The molecule has 40 heavy (non-hydrogen) atoms. The van der Waals surface area contributed by atoms with Crippen molar-refractivity contribution in [1.82, 2.24) is 15.5 Å². The first kappa shape index (κ1) is 28.9. The van der Waals surface area contributed by atoms with Gasteiger partial charge < -0.3 is 20.3 Å². The molecule has 1 aliphatic rings. The summed E-state index contributed by atoms with van der Waals surface area (Å²) in [5.41, 5.74) is 4.97. The molecule has 1 aliphatic carbocycles. The first-order valence-electron chi connectivity index (χ1n) is 13.8. The Hall–Kier alpha value is -4.13. The number of benzene rings is 3. The number of nitrogens with zero attached hydrogens (tertiary/aromatic N) is 1. The van der Waals surface area contributed by atoms with E-state index in [4.69, 9.17) is 4.74 Å². The Kier molecular flexibility index (Phi) is 8.93. The molecule has 210 valence electrons. The summed E-state index contributed by atoms with van der Waals surface area (Å²) in [5.74, 6) is -0.813. The summed E-state index contributed by atoms with van der Waals surface area (Å²) in [7, 11) is 0. The number of fused-ring (bicyclic) bond motifs is 3. The van der Waals surface area contributed by atoms with E-state index in [2.05, 4.69) is 34.9 Å². The maximum atomic E-state index is 13.5. The zero-order chi connectivity index (χ0) is 28.9. The summed E-state index contributed by atoms with van der Waals surface area (Å²) >= 11 is 0. The molecule has 3 aromatic rings. The molecule has 0 bridgehead atoms. The van der Waals surface area contributed by atoms with E-state index in [9.17, 15) is 14.4 Å². The van der Waals surface area contributed by atoms with Crippen molar-refractivity contribution >= 4 is 17.9 Å². The van der Waals surface area contributed by atoms with E-state index in [0.29, 0.717) is 0 Å². The van der Waals surface area contributed by atoms with E-state index < -0.39 is 17.7 Å². The number of alkyl carbamates (subject to hydrolysis) is 1. The van der Waals surface area contributed by atoms with Gasteiger partial charge in [-0.25, -0.2) is 4.79 Å². The minimum absolute atomic E-state index is 0.0742. The van der Waals surface area contributed by atoms with Gasteiger partial charge in [0.2, 0.25) is 11.8 Å². The summed E-state index contributed by atoms with van der Waals surface area (Å²) in [4.78, 5) is 41.1. The minimum atomic E-state index is -0.712. The van der Waals surface area contributed by atoms with Gasteiger partial charge in [-0.15, -0.1) is 0 Å². The lowest BCUT2D eigenvalue weighted by atomic mass is 9.98. The normalized spacial score (nSPS) is 13.2. The number of nitrogens with one attached hydrogen (secondary N) is 2. The quantitative estimate of drug-likeness (QED) is 0.375. The van der Waals surface area contributed by atoms with Gasteiger partial charge in [0.25, 0.3) is 0 Å². The molecule has 7 heteroatoms. The van der Waals surface area contributed by atoms with E-state index >= 15 is 0 Å². The van der Waals surface area contributed by atoms with Crippen molar-refractivity contribution in [2.24, 2.45) is 5.92 Å². The number of hydrogen-bond acceptors (Lipinski definition) is 4. The Morgan fingerprint density at radius 1 is 0.850 bits per heavy atom. The molecule has 3 amide bonds. The lowest BCUT2D eigenvalue weighted by Crippen LogP contribution is -2.57. The van der Waals surface area contributed by atoms with Crippen molar-refractivity contribution in [2.75, 3.05) is 13.2 Å². The predicted octanol–water partition coefficient (Wildman–Crippen LogP) is 5.49. The zero-order valence-electron chi connectivity index (χ0n) is 23.9. The number of hydrogen-bond donors (Lipinski definition) is 2. The van der Waals surface area contributed by atoms with Crippen molar-refractivity contribution in [3.8, 4) is 11.1 Å². The Morgan fingerprint density at radius 2 is 1.40 bits per heavy atom. The summed E-state index contributed by atoms with van der Waals surface area (Å²) < 4.78 is 5.61. The highest BCUT2D eigenvalue weighted by Gasteiger charge is 2.34. The molecular formula is C33H39N3O4. The van der Waals surface area contributed by atoms with Crippen LogP contribution < -0.4 is 10.6 Å². The van der Waals surface area contributed by atoms with Crippen LogP contribution in [-0.2, 0) is 20.9 Å². The molecule has 0 saturated heterocycles. The fourth-order valence-corrected chi connectivity index (χ4v) is 5.27. The largest absolute Gasteiger partial charge is 0.449 e. The molecule has 0 spiro atoms. The van der Waals surface area contributed by atoms with Crippen molar-refractivity contribution in [1.29, 1.82) is 0 Å². The van der Waals surface area contributed by atoms with Crippen LogP contribution in [0.4, 0.5) is 4.79 Å². The van der Waals surface area contributed by atoms with Crippen molar-refractivity contribution < 1.29 is 19.1 Å². The SMILES string of the molecule is CC(C)C(C(=O)NC(C)(C)C)N(Cc1ccccc1)C(=O)CNC(=O)OCC1c2ccccc2-c2ccccc21. The molecule has 0 heterocycles. The van der Waals surface area contributed by atoms with Crippen LogP contribution >= 0.6 is 0 Å². The third kappa shape index (κ3) is 6.89. The molecule has 1 atom stereocenters. The number of carbonyl (C=O) groups excluding carboxylic acids is 3. The minimum Gasteiger partial charge on any atom is -0.449 e. The molecule has 0 aromatic heterocycles. The summed E-state index contributed by atoms with van der Waals surface area (Å²) in [6.45, 7) is 9.67. The monoisotopic (exact) mass is 541 g/mol. The van der Waals surface area contributed by atoms with Gasteiger partial charge >= 0.3 is 6.09 Å². The van der Waals surface area contributed by atoms with E-state index in [1.807, 2.05) is 89.2 Å². The van der Waals surface area contributed by atoms with Gasteiger partial charge in [0.15, 0.2) is 0 Å². The van der Waals surface area contributed by atoms with Crippen LogP contribution in [0.2, 0.25) is 0 Å². The average molecular weight is 542 g/mol. The molecule has 3 aromatic carbocycles. The smallest absolute Gasteiger partial charge is 0.407 e. The maximum absolute atomic E-state index is 13.5. The average Bonchev–Trinajstić information content (AvgIpc) is 3.23. The lowest BCUT2D eigenvalue weighted by molar-refractivity contribution is -0.143. The summed E-state index contributed by atoms with van der Waals surface area (Å²) in [6.07, 6.45) is -0.671. The number of amides is 3. The van der Waals surface area contributed by atoms with Crippen LogP contribution in [0.15, 0.2) is 78.9 Å². The topological polar surface area (TPSA) is 87.7 Å². The van der Waals surface area contributed by atoms with Gasteiger partial charge in [0.05, 0.1) is 0 Å². The molecule has 0 aliphatic heterocycles. The van der Waals surface area contributed by atoms with Gasteiger partial charge in [-0.3, -0.25) is 9.59 Å². The van der Waals surface area contributed by atoms with Crippen LogP contribution in [-0.4, -0.2) is 47.5 Å². The van der Waals surface area contributed by atoms with Crippen LogP contribution in [0.25, 0.3) is 11.1 Å². The number of carbonyl (C=O) groups is 3. The molecular weight excluding hydrogens is 502 g/mol. The van der Waals surface area contributed by atoms with Gasteiger partial charge in [-0.05, 0) is 54.5 Å². The molecule has 7 nitrogen and oxygen atoms in total. The van der Waals surface area contributed by atoms with Crippen LogP contribution in [0.5, 0.6) is 0 Å². The summed E-state index contributed by atoms with van der Waals surface area (Å²) in [5, 5.41) is 5.63. The third-order valence-corrected chi connectivity index (χ3v) is 6.98. The van der Waals surface area contributed by atoms with Gasteiger partial charge in [0, 0.05) is 18.0 Å². The van der Waals surface area contributed by atoms with Crippen LogP contribution in [0.3, 0.4) is 0 Å². The standard InChI is InChI=1S/C33H39N3O4/c1-22(2)30(31(38)35-33(3,4)5)36(20-23-13-7-6-8-14-23)29(37)19-34-32(39)40-21-28-26-17-11-9-15-24(26)25-16-10-12-18-27(25)28/h6-18,22,28,30H,19-21H2,1-5H3,(H,34,39)(H,35,38). The highest BCUT2D eigenvalue weighted by molar-refractivity contribution is 5.90. The Labute approximate surface area is 236 Å². The molecule has 4 rings (SSSR count). The second-order valence-corrected chi connectivity index (χ2v) is 11.6. The first-order chi connectivity index (χ1) is 19.0. The molecule has 0 saturated carbocycles. The second-order valence-electron chi connectivity index (χ2n) is 11.6. The van der Waals surface area contributed by atoms with E-state index in [-0.39, 0.29) is 43.3 Å². The first-order valence-corrected chi connectivity index (χ1v) is 13.8. The number of ether oxygens (including phenoxy) is 1. The molecule has 2 N–H and O–H groups in total. The fourth-order valence-electron chi connectivity index (χ4n) is 5.27. The van der Waals surface area contributed by atoms with Gasteiger partial charge in [0.1, 0.15) is 19.2 Å². The molecule has 1 unspecified atom stereocenters. The second kappa shape index (κ2) is 12.4. The lowest BCUT2D eigenvalue weighted by Gasteiger charge is -2.35. The van der Waals surface area contributed by atoms with E-state index in [1.165, 1.54) is 0 Å². The van der Waals surface area contributed by atoms with Crippen molar-refractivity contribution in [3.63, 3.8) is 0 Å². The van der Waals surface area contributed by atoms with Crippen LogP contribution in [0.1, 0.15) is 57.2 Å². The van der Waals surface area contributed by atoms with E-state index in [1.54, 1.807) is 4.90 Å². The Morgan fingerprint density at radius 3 is 1.95 bits per heavy atom. The van der Waals surface area contributed by atoms with Gasteiger partial charge in [-0.2, -0.15) is 0 Å². The summed E-state index contributed by atoms with van der Waals surface area (Å²) in [6, 6.07) is 25.1. The van der Waals surface area contributed by atoms with Crippen molar-refractivity contribution in [2.45, 2.75) is 58.7 Å². The molecule has 0 fully saturated rings. The van der Waals surface area contributed by atoms with Crippen LogP contribution in [0, 0.1) is 5.92 Å². The maximum Gasteiger partial charge on any atom is 0.407 e. The van der Waals surface area contributed by atoms with Crippen molar-refractivity contribution in [3.05, 3.63) is 95.6 Å². The Balaban J connectivity index is 1.44. The highest BCUT2D eigenvalue weighted by Crippen LogP contribution is 2.44. The zero-order valence-corrected chi connectivity index (χ0v) is 23.9.